The third-order valence-corrected chi connectivity index (χ3v) is 5.06. The molecule has 2 rings (SSSR count). The minimum atomic E-state index is -0.868. The predicted octanol–water partition coefficient (Wildman–Crippen LogP) is 4.65. The van der Waals surface area contributed by atoms with Crippen LogP contribution in [0.5, 0.6) is 0 Å². The molecule has 136 valence electrons. The first-order chi connectivity index (χ1) is 12.0. The van der Waals surface area contributed by atoms with Crippen LogP contribution in [0.3, 0.4) is 0 Å². The van der Waals surface area contributed by atoms with Gasteiger partial charge in [-0.2, -0.15) is 0 Å². The summed E-state index contributed by atoms with van der Waals surface area (Å²) in [6, 6.07) is 3.79. The van der Waals surface area contributed by atoms with Crippen LogP contribution in [0.15, 0.2) is 39.6 Å². The maximum atomic E-state index is 13.2. The maximum absolute atomic E-state index is 13.2. The van der Waals surface area contributed by atoms with Crippen molar-refractivity contribution in [1.29, 1.82) is 0 Å². The lowest BCUT2D eigenvalue weighted by Crippen LogP contribution is -2.24. The molecule has 0 fully saturated rings. The largest absolute Gasteiger partial charge is 0.511 e. The molecule has 0 saturated heterocycles. The Morgan fingerprint density at radius 1 is 1.36 bits per heavy atom. The molecule has 7 heteroatoms. The van der Waals surface area contributed by atoms with Crippen molar-refractivity contribution in [3.05, 3.63) is 41.2 Å². The fraction of sp³-hybridized carbons (Fsp3) is 0.444. The van der Waals surface area contributed by atoms with E-state index in [1.165, 1.54) is 24.9 Å². The summed E-state index contributed by atoms with van der Waals surface area (Å²) in [7, 11) is 1.40. The molecular weight excluding hydrogens is 348 g/mol. The number of nitrogens with zero attached hydrogens (tertiary/aromatic N) is 1. The van der Waals surface area contributed by atoms with E-state index in [4.69, 9.17) is 4.84 Å². The van der Waals surface area contributed by atoms with Gasteiger partial charge >= 0.3 is 0 Å². The van der Waals surface area contributed by atoms with E-state index in [1.807, 2.05) is 6.92 Å². The van der Waals surface area contributed by atoms with Gasteiger partial charge in [-0.1, -0.05) is 12.1 Å². The average Bonchev–Trinajstić information content (AvgIpc) is 2.56. The minimum absolute atomic E-state index is 0.0229. The van der Waals surface area contributed by atoms with Crippen LogP contribution in [0, 0.1) is 17.6 Å². The highest BCUT2D eigenvalue weighted by atomic mass is 32.2. The summed E-state index contributed by atoms with van der Waals surface area (Å²) < 4.78 is 26.1. The van der Waals surface area contributed by atoms with Crippen molar-refractivity contribution in [2.45, 2.75) is 37.5 Å². The van der Waals surface area contributed by atoms with Crippen molar-refractivity contribution in [3.63, 3.8) is 0 Å². The van der Waals surface area contributed by atoms with Gasteiger partial charge in [0, 0.05) is 17.7 Å². The van der Waals surface area contributed by atoms with Crippen LogP contribution in [0.4, 0.5) is 8.78 Å². The number of rotatable bonds is 7. The van der Waals surface area contributed by atoms with Crippen molar-refractivity contribution in [3.8, 4) is 0 Å². The monoisotopic (exact) mass is 369 g/mol. The number of Topliss-reactive ketones (excluding diaryl/α,β-unsaturated/α-hetero) is 1. The van der Waals surface area contributed by atoms with E-state index in [1.54, 1.807) is 0 Å². The van der Waals surface area contributed by atoms with Crippen LogP contribution in [-0.4, -0.2) is 29.5 Å². The molecule has 0 spiro atoms. The van der Waals surface area contributed by atoms with E-state index in [0.29, 0.717) is 42.0 Å². The van der Waals surface area contributed by atoms with Crippen molar-refractivity contribution in [2.75, 3.05) is 12.9 Å². The smallest absolute Gasteiger partial charge is 0.168 e. The molecule has 0 bridgehead atoms. The zero-order valence-corrected chi connectivity index (χ0v) is 15.0. The number of carbonyl (C=O) groups excluding carboxylic acids is 1. The van der Waals surface area contributed by atoms with E-state index in [9.17, 15) is 18.7 Å². The van der Waals surface area contributed by atoms with Crippen LogP contribution < -0.4 is 0 Å². The summed E-state index contributed by atoms with van der Waals surface area (Å²) in [5.41, 5.74) is 0.730. The highest BCUT2D eigenvalue weighted by Crippen LogP contribution is 2.31. The van der Waals surface area contributed by atoms with E-state index < -0.39 is 11.6 Å². The Morgan fingerprint density at radius 3 is 2.72 bits per heavy atom. The quantitative estimate of drug-likeness (QED) is 0.432. The molecule has 1 unspecified atom stereocenters. The van der Waals surface area contributed by atoms with E-state index >= 15 is 0 Å². The lowest BCUT2D eigenvalue weighted by molar-refractivity contribution is -0.116. The minimum Gasteiger partial charge on any atom is -0.511 e. The molecule has 0 amide bonds. The fourth-order valence-electron chi connectivity index (χ4n) is 2.81. The van der Waals surface area contributed by atoms with E-state index in [-0.39, 0.29) is 23.0 Å². The lowest BCUT2D eigenvalue weighted by atomic mass is 9.83. The molecule has 1 aromatic carbocycles. The summed E-state index contributed by atoms with van der Waals surface area (Å²) in [6.07, 6.45) is 1.92. The van der Waals surface area contributed by atoms with Crippen molar-refractivity contribution < 1.29 is 23.5 Å². The first-order valence-electron chi connectivity index (χ1n) is 8.09. The molecule has 0 aliphatic heterocycles. The van der Waals surface area contributed by atoms with Gasteiger partial charge in [0.2, 0.25) is 0 Å². The average molecular weight is 369 g/mol. The number of aliphatic hydroxyl groups is 1. The molecule has 0 saturated carbocycles. The SMILES string of the molecule is CC/C(=N\OC)C1=C(O)CC(CCSc2ccc(F)c(F)c2)CC1=O. The summed E-state index contributed by atoms with van der Waals surface area (Å²) in [6.45, 7) is 1.84. The topological polar surface area (TPSA) is 58.9 Å². The number of ketones is 1. The number of hydrogen-bond acceptors (Lipinski definition) is 5. The van der Waals surface area contributed by atoms with Gasteiger partial charge in [-0.15, -0.1) is 11.8 Å². The standard InChI is InChI=1S/C18H21F2NO3S/c1-3-15(21-24-2)18-16(22)8-11(9-17(18)23)6-7-25-12-4-5-13(19)14(20)10-12/h4-5,10-11,22H,3,6-9H2,1-2H3/b21-15+. The Hall–Kier alpha value is -1.89. The molecular formula is C18H21F2NO3S. The zero-order valence-electron chi connectivity index (χ0n) is 14.2. The Balaban J connectivity index is 1.95. The molecule has 1 N–H and O–H groups in total. The molecule has 0 radical (unpaired) electrons. The Bertz CT molecular complexity index is 704. The van der Waals surface area contributed by atoms with Crippen molar-refractivity contribution >= 4 is 23.3 Å². The number of carbonyl (C=O) groups is 1. The van der Waals surface area contributed by atoms with Gasteiger partial charge in [0.1, 0.15) is 12.9 Å². The summed E-state index contributed by atoms with van der Waals surface area (Å²) in [5, 5.41) is 14.1. The molecule has 1 aromatic rings. The number of benzene rings is 1. The second kappa shape index (κ2) is 8.99. The van der Waals surface area contributed by atoms with Gasteiger partial charge in [-0.3, -0.25) is 4.79 Å². The van der Waals surface area contributed by atoms with E-state index in [0.717, 1.165) is 12.1 Å². The molecule has 25 heavy (non-hydrogen) atoms. The summed E-state index contributed by atoms with van der Waals surface area (Å²) >= 11 is 1.40. The number of hydrogen-bond donors (Lipinski definition) is 1. The number of halogens is 2. The highest BCUT2D eigenvalue weighted by Gasteiger charge is 2.30. The molecule has 0 aromatic heterocycles. The number of allylic oxidation sites excluding steroid dienone is 2. The number of thioether (sulfide) groups is 1. The number of aliphatic hydroxyl groups excluding tert-OH is 1. The third-order valence-electron chi connectivity index (χ3n) is 4.03. The predicted molar refractivity (Wildman–Crippen MR) is 93.8 cm³/mol. The van der Waals surface area contributed by atoms with Gasteiger partial charge in [0.25, 0.3) is 0 Å². The van der Waals surface area contributed by atoms with Crippen molar-refractivity contribution in [2.24, 2.45) is 11.1 Å². The van der Waals surface area contributed by atoms with Gasteiger partial charge in [-0.25, -0.2) is 8.78 Å². The van der Waals surface area contributed by atoms with Crippen LogP contribution in [-0.2, 0) is 9.63 Å². The first-order valence-corrected chi connectivity index (χ1v) is 9.08. The van der Waals surface area contributed by atoms with Gasteiger partial charge in [0.05, 0.1) is 11.3 Å². The molecule has 1 aliphatic carbocycles. The molecule has 0 heterocycles. The van der Waals surface area contributed by atoms with Crippen molar-refractivity contribution in [1.82, 2.24) is 0 Å². The second-order valence-electron chi connectivity index (χ2n) is 5.81. The Kier molecular flexibility index (Phi) is 6.99. The Morgan fingerprint density at radius 2 is 2.12 bits per heavy atom. The van der Waals surface area contributed by atoms with Crippen LogP contribution >= 0.6 is 11.8 Å². The van der Waals surface area contributed by atoms with Gasteiger partial charge in [0.15, 0.2) is 17.4 Å². The van der Waals surface area contributed by atoms with Crippen LogP contribution in [0.1, 0.15) is 32.6 Å². The highest BCUT2D eigenvalue weighted by molar-refractivity contribution is 7.99. The third kappa shape index (κ3) is 5.04. The van der Waals surface area contributed by atoms with Gasteiger partial charge in [-0.05, 0) is 42.7 Å². The number of oxime groups is 1. The van der Waals surface area contributed by atoms with Gasteiger partial charge < -0.3 is 9.94 Å². The summed E-state index contributed by atoms with van der Waals surface area (Å²) in [4.78, 5) is 17.7. The zero-order chi connectivity index (χ0) is 18.4. The second-order valence-corrected chi connectivity index (χ2v) is 6.97. The fourth-order valence-corrected chi connectivity index (χ4v) is 3.85. The Labute approximate surface area is 149 Å². The van der Waals surface area contributed by atoms with Crippen LogP contribution in [0.25, 0.3) is 0 Å². The van der Waals surface area contributed by atoms with Crippen LogP contribution in [0.2, 0.25) is 0 Å². The maximum Gasteiger partial charge on any atom is 0.168 e. The van der Waals surface area contributed by atoms with E-state index in [2.05, 4.69) is 5.16 Å². The molecule has 4 nitrogen and oxygen atoms in total. The normalized spacial score (nSPS) is 18.6. The first kappa shape index (κ1) is 19.4. The molecule has 1 atom stereocenters. The molecule has 1 aliphatic rings. The summed E-state index contributed by atoms with van der Waals surface area (Å²) in [5.74, 6) is -1.14. The lowest BCUT2D eigenvalue weighted by Gasteiger charge is -2.23.